The average molecular weight is 777 g/mol. The number of amidine groups is 1. The Hall–Kier alpha value is -5.53. The zero-order chi connectivity index (χ0) is 40.0. The van der Waals surface area contributed by atoms with E-state index in [9.17, 15) is 19.2 Å². The summed E-state index contributed by atoms with van der Waals surface area (Å²) < 4.78 is 9.45. The molecule has 3 aliphatic heterocycles. The first-order valence-electron chi connectivity index (χ1n) is 20.3. The highest BCUT2D eigenvalue weighted by Crippen LogP contribution is 2.44. The van der Waals surface area contributed by atoms with Crippen LogP contribution >= 0.6 is 0 Å². The number of alkyl carbamates (subject to hydrolysis) is 2. The van der Waals surface area contributed by atoms with Crippen LogP contribution in [0, 0.1) is 5.92 Å². The molecule has 2 fully saturated rings. The summed E-state index contributed by atoms with van der Waals surface area (Å²) in [6.07, 6.45) is 9.81. The number of carbonyl (C=O) groups excluding carboxylic acids is 4. The monoisotopic (exact) mass is 776 g/mol. The van der Waals surface area contributed by atoms with Gasteiger partial charge in [0.15, 0.2) is 0 Å². The third-order valence-electron chi connectivity index (χ3n) is 12.7. The molecule has 0 radical (unpaired) electrons. The highest BCUT2D eigenvalue weighted by atomic mass is 16.5. The fourth-order valence-corrected chi connectivity index (χ4v) is 9.78. The van der Waals surface area contributed by atoms with Crippen LogP contribution in [-0.4, -0.2) is 101 Å². The summed E-state index contributed by atoms with van der Waals surface area (Å²) in [5.74, 6) is 1.15. The second-order valence-electron chi connectivity index (χ2n) is 16.3. The zero-order valence-corrected chi connectivity index (χ0v) is 33.5. The van der Waals surface area contributed by atoms with Crippen LogP contribution in [0.4, 0.5) is 14.4 Å². The number of imidazole rings is 1. The summed E-state index contributed by atoms with van der Waals surface area (Å²) in [4.78, 5) is 72.4. The molecule has 14 heteroatoms. The van der Waals surface area contributed by atoms with Crippen molar-refractivity contribution in [3.05, 3.63) is 64.1 Å². The quantitative estimate of drug-likeness (QED) is 0.249. The lowest BCUT2D eigenvalue weighted by atomic mass is 9.87. The second kappa shape index (κ2) is 15.4. The number of aliphatic imine (C=N–C) groups is 2. The number of H-pyrrole nitrogens is 1. The van der Waals surface area contributed by atoms with Gasteiger partial charge in [-0.3, -0.25) is 9.79 Å². The summed E-state index contributed by atoms with van der Waals surface area (Å²) in [5.41, 5.74) is 11.6. The Balaban J connectivity index is 1.05. The number of fused-ring (bicyclic) bond motifs is 2. The number of aromatic amines is 1. The second-order valence-corrected chi connectivity index (χ2v) is 16.3. The van der Waals surface area contributed by atoms with Gasteiger partial charge in [0.1, 0.15) is 17.7 Å². The van der Waals surface area contributed by atoms with Crippen molar-refractivity contribution in [2.75, 3.05) is 33.9 Å². The number of nitrogens with one attached hydrogen (secondary N) is 3. The number of nitrogens with zero attached hydrogens (tertiary/aromatic N) is 5. The van der Waals surface area contributed by atoms with Crippen molar-refractivity contribution in [1.82, 2.24) is 30.4 Å². The van der Waals surface area contributed by atoms with Crippen LogP contribution in [0.5, 0.6) is 0 Å². The van der Waals surface area contributed by atoms with E-state index in [-0.39, 0.29) is 17.9 Å². The van der Waals surface area contributed by atoms with E-state index in [0.29, 0.717) is 25.5 Å². The number of benzene rings is 2. The van der Waals surface area contributed by atoms with E-state index in [1.807, 2.05) is 24.9 Å². The zero-order valence-electron chi connectivity index (χ0n) is 33.5. The molecule has 57 heavy (non-hydrogen) atoms. The van der Waals surface area contributed by atoms with E-state index in [1.165, 1.54) is 47.6 Å². The summed E-state index contributed by atoms with van der Waals surface area (Å²) in [6, 6.07) is 7.51. The molecule has 3 N–H and O–H groups in total. The van der Waals surface area contributed by atoms with Gasteiger partial charge in [0.05, 0.1) is 49.9 Å². The molecule has 0 unspecified atom stereocenters. The average Bonchev–Trinajstić information content (AvgIpc) is 4.06. The molecular formula is C43H52N8O6. The molecule has 1 aromatic heterocycles. The van der Waals surface area contributed by atoms with Crippen LogP contribution in [0.25, 0.3) is 22.4 Å². The number of rotatable bonds is 8. The summed E-state index contributed by atoms with van der Waals surface area (Å²) in [5, 5.41) is 5.02. The van der Waals surface area contributed by atoms with Crippen molar-refractivity contribution in [3.63, 3.8) is 0 Å². The maximum absolute atomic E-state index is 13.9. The normalized spacial score (nSPS) is 21.6. The first-order chi connectivity index (χ1) is 27.5. The molecular weight excluding hydrogens is 725 g/mol. The van der Waals surface area contributed by atoms with Crippen LogP contribution in [0.15, 0.2) is 40.4 Å². The molecule has 2 aromatic carbocycles. The number of carbonyl (C=O) groups is 4. The van der Waals surface area contributed by atoms with Gasteiger partial charge in [-0.2, -0.15) is 0 Å². The Morgan fingerprint density at radius 3 is 2.14 bits per heavy atom. The lowest BCUT2D eigenvalue weighted by Crippen LogP contribution is -2.55. The largest absolute Gasteiger partial charge is 0.453 e. The minimum absolute atomic E-state index is 0.115. The van der Waals surface area contributed by atoms with Gasteiger partial charge in [0, 0.05) is 24.2 Å². The first kappa shape index (κ1) is 38.3. The molecule has 5 amide bonds. The van der Waals surface area contributed by atoms with E-state index >= 15 is 0 Å². The minimum Gasteiger partial charge on any atom is -0.453 e. The molecule has 8 rings (SSSR count). The van der Waals surface area contributed by atoms with Gasteiger partial charge in [-0.15, -0.1) is 0 Å². The number of hydrogen-bond donors (Lipinski definition) is 3. The third kappa shape index (κ3) is 6.86. The number of hydrogen-bond acceptors (Lipinski definition) is 9. The van der Waals surface area contributed by atoms with Gasteiger partial charge < -0.3 is 29.6 Å². The van der Waals surface area contributed by atoms with Crippen LogP contribution < -0.4 is 10.6 Å². The Kier molecular flexibility index (Phi) is 10.4. The topological polar surface area (TPSA) is 171 Å². The van der Waals surface area contributed by atoms with E-state index in [1.54, 1.807) is 4.90 Å². The molecule has 2 saturated heterocycles. The molecule has 5 aliphatic rings. The van der Waals surface area contributed by atoms with Crippen LogP contribution in [0.3, 0.4) is 0 Å². The Labute approximate surface area is 332 Å². The predicted octanol–water partition coefficient (Wildman–Crippen LogP) is 6.08. The fourth-order valence-electron chi connectivity index (χ4n) is 9.78. The number of ether oxygens (including phenoxy) is 2. The van der Waals surface area contributed by atoms with Crippen molar-refractivity contribution in [2.24, 2.45) is 15.9 Å². The highest BCUT2D eigenvalue weighted by molar-refractivity contribution is 6.15. The van der Waals surface area contributed by atoms with Crippen LogP contribution in [-0.2, 0) is 45.5 Å². The van der Waals surface area contributed by atoms with Gasteiger partial charge in [-0.05, 0) is 110 Å². The number of methoxy groups -OCH3 is 2. The third-order valence-corrected chi connectivity index (χ3v) is 12.7. The van der Waals surface area contributed by atoms with Crippen LogP contribution in [0.2, 0.25) is 0 Å². The molecule has 0 saturated carbocycles. The van der Waals surface area contributed by atoms with Crippen LogP contribution in [0.1, 0.15) is 92.9 Å². The molecule has 3 aromatic rings. The molecule has 3 atom stereocenters. The smallest absolute Gasteiger partial charge is 0.415 e. The number of urea groups is 1. The predicted molar refractivity (Wildman–Crippen MR) is 215 cm³/mol. The van der Waals surface area contributed by atoms with Crippen molar-refractivity contribution in [2.45, 2.75) is 103 Å². The lowest BCUT2D eigenvalue weighted by Gasteiger charge is -2.37. The van der Waals surface area contributed by atoms with E-state index < -0.39 is 29.8 Å². The molecule has 0 bridgehead atoms. The number of amides is 5. The minimum atomic E-state index is -0.780. The molecule has 4 heterocycles. The van der Waals surface area contributed by atoms with Gasteiger partial charge in [0.2, 0.25) is 5.91 Å². The highest BCUT2D eigenvalue weighted by Gasteiger charge is 2.46. The Morgan fingerprint density at radius 1 is 0.842 bits per heavy atom. The van der Waals surface area contributed by atoms with Crippen molar-refractivity contribution >= 4 is 35.7 Å². The maximum atomic E-state index is 13.9. The number of imide groups is 1. The van der Waals surface area contributed by atoms with E-state index in [4.69, 9.17) is 19.7 Å². The maximum Gasteiger partial charge on any atom is 0.415 e. The number of aromatic nitrogens is 2. The molecule has 14 nitrogen and oxygen atoms in total. The van der Waals surface area contributed by atoms with Gasteiger partial charge in [-0.1, -0.05) is 38.1 Å². The molecule has 300 valence electrons. The van der Waals surface area contributed by atoms with Crippen molar-refractivity contribution in [3.8, 4) is 22.4 Å². The summed E-state index contributed by atoms with van der Waals surface area (Å²) in [7, 11) is 2.54. The van der Waals surface area contributed by atoms with Crippen molar-refractivity contribution < 1.29 is 28.7 Å². The van der Waals surface area contributed by atoms with Gasteiger partial charge in [-0.25, -0.2) is 29.7 Å². The van der Waals surface area contributed by atoms with Gasteiger partial charge in [0.25, 0.3) is 0 Å². The Bertz CT molecular complexity index is 2190. The molecule has 0 spiro atoms. The van der Waals surface area contributed by atoms with E-state index in [0.717, 1.165) is 92.6 Å². The summed E-state index contributed by atoms with van der Waals surface area (Å²) >= 11 is 0. The Morgan fingerprint density at radius 2 is 1.47 bits per heavy atom. The lowest BCUT2D eigenvalue weighted by molar-refractivity contribution is -0.138. The number of likely N-dealkylation sites (tertiary alicyclic amines) is 2. The standard InChI is InChI=1S/C43H52N8O6/c1-24(2)36(48-41(54)56-4)38(52)51-21-9-19-43(51,3)39-45-23-34(47-39)32-18-16-30(26-11-7-13-28(26)32)29-15-17-31(27-12-6-10-25(27)29)33-22-44-37(46-33)35-14-8-20-50(35)40(53)49-42(55)57-5/h15-18,23-24,35-36H,6-14,19-22H2,1-5H3,(H,45,47)(H,48,54)(H,49,53,55)/t35-,36+,43-/m1/s1. The fraction of sp³-hybridized carbons (Fsp3) is 0.512. The SMILES string of the molecule is COC(=O)NC(=O)N1CCC[C@@H]1C1=NCC(c2ccc(-c3ccc(-c4cnc([C@@]5(C)CCCN5C(=O)[C@@H](NC(=O)OC)C(C)C)[nH]4)c4c3CCC4)c3c2CCC3)=N1. The van der Waals surface area contributed by atoms with E-state index in [2.05, 4.69) is 51.5 Å². The van der Waals surface area contributed by atoms with Crippen molar-refractivity contribution in [1.29, 1.82) is 0 Å². The van der Waals surface area contributed by atoms with Gasteiger partial charge >= 0.3 is 18.2 Å². The summed E-state index contributed by atoms with van der Waals surface area (Å²) in [6.45, 7) is 7.49. The first-order valence-corrected chi connectivity index (χ1v) is 20.3. The molecule has 2 aliphatic carbocycles.